The van der Waals surface area contributed by atoms with Gasteiger partial charge in [0.1, 0.15) is 17.6 Å². The highest BCUT2D eigenvalue weighted by Gasteiger charge is 2.21. The van der Waals surface area contributed by atoms with E-state index in [1.165, 1.54) is 12.4 Å². The molecule has 4 rings (SSSR count). The monoisotopic (exact) mass is 419 g/mol. The van der Waals surface area contributed by atoms with Crippen LogP contribution in [0.2, 0.25) is 0 Å². The van der Waals surface area contributed by atoms with Crippen LogP contribution in [0.3, 0.4) is 0 Å². The van der Waals surface area contributed by atoms with E-state index < -0.39 is 5.91 Å². The highest BCUT2D eigenvalue weighted by Crippen LogP contribution is 2.28. The van der Waals surface area contributed by atoms with Gasteiger partial charge in [0, 0.05) is 43.8 Å². The van der Waals surface area contributed by atoms with Gasteiger partial charge in [-0.25, -0.2) is 15.0 Å². The van der Waals surface area contributed by atoms with Crippen molar-refractivity contribution in [2.45, 2.75) is 12.6 Å². The third-order valence-corrected chi connectivity index (χ3v) is 5.11. The van der Waals surface area contributed by atoms with Crippen LogP contribution in [0.15, 0.2) is 36.7 Å². The molecule has 0 unspecified atom stereocenters. The Morgan fingerprint density at radius 2 is 2.16 bits per heavy atom. The zero-order valence-electron chi connectivity index (χ0n) is 16.6. The fourth-order valence-electron chi connectivity index (χ4n) is 3.44. The van der Waals surface area contributed by atoms with Crippen LogP contribution in [0.25, 0.3) is 10.9 Å². The second-order valence-corrected chi connectivity index (χ2v) is 7.18. The van der Waals surface area contributed by atoms with Crippen LogP contribution in [-0.4, -0.2) is 63.4 Å². The summed E-state index contributed by atoms with van der Waals surface area (Å²) in [7, 11) is 0. The molecule has 1 aliphatic heterocycles. The molecule has 3 aromatic rings. The molecule has 3 aromatic heterocycles. The van der Waals surface area contributed by atoms with Crippen LogP contribution < -0.4 is 15.5 Å². The van der Waals surface area contributed by atoms with Crippen LogP contribution in [-0.2, 0) is 6.54 Å². The van der Waals surface area contributed by atoms with Crippen molar-refractivity contribution in [1.82, 2.24) is 25.6 Å². The molecule has 31 heavy (non-hydrogen) atoms. The third-order valence-electron chi connectivity index (χ3n) is 5.11. The summed E-state index contributed by atoms with van der Waals surface area (Å²) in [6, 6.07) is 8.68. The standard InChI is InChI=1S/C21H21N7O3/c22-7-14-2-1-13(8-24-14)9-26-21(31)19-20(30)16-3-4-18(27-17(16)10-25-19)28-6-5-23-15(11-28)12-29/h1-4,8,10,15,23,29-30H,5-6,9,11-12H2,(H,26,31)/t15-/m1/s1. The number of amides is 1. The fraction of sp³-hybridized carbons (Fsp3) is 0.286. The first-order valence-electron chi connectivity index (χ1n) is 9.80. The minimum absolute atomic E-state index is 0.0184. The quantitative estimate of drug-likeness (QED) is 0.458. The molecule has 1 amide bonds. The molecule has 4 heterocycles. The van der Waals surface area contributed by atoms with Crippen LogP contribution in [0.5, 0.6) is 5.75 Å². The number of nitrogens with one attached hydrogen (secondary N) is 2. The number of fused-ring (bicyclic) bond motifs is 1. The maximum absolute atomic E-state index is 12.5. The van der Waals surface area contributed by atoms with Crippen molar-refractivity contribution in [3.05, 3.63) is 53.6 Å². The SMILES string of the molecule is N#Cc1ccc(CNC(=O)c2ncc3nc(N4CCN[C@@H](CO)C4)ccc3c2O)cn1. The summed E-state index contributed by atoms with van der Waals surface area (Å²) in [6.07, 6.45) is 2.97. The molecule has 0 spiro atoms. The minimum Gasteiger partial charge on any atom is -0.505 e. The van der Waals surface area contributed by atoms with Crippen molar-refractivity contribution in [1.29, 1.82) is 5.26 Å². The molecule has 0 aromatic carbocycles. The Labute approximate surface area is 178 Å². The summed E-state index contributed by atoms with van der Waals surface area (Å²) < 4.78 is 0. The summed E-state index contributed by atoms with van der Waals surface area (Å²) in [5.41, 5.74) is 1.40. The number of hydrogen-bond donors (Lipinski definition) is 4. The van der Waals surface area contributed by atoms with Crippen LogP contribution in [0.1, 0.15) is 21.7 Å². The van der Waals surface area contributed by atoms with Gasteiger partial charge in [-0.15, -0.1) is 0 Å². The van der Waals surface area contributed by atoms with E-state index in [4.69, 9.17) is 5.26 Å². The predicted octanol–water partition coefficient (Wildman–Crippen LogP) is 0.303. The normalized spacial score (nSPS) is 16.1. The summed E-state index contributed by atoms with van der Waals surface area (Å²) in [5, 5.41) is 35.1. The Bertz CT molecular complexity index is 1140. The van der Waals surface area contributed by atoms with Crippen molar-refractivity contribution in [3.8, 4) is 11.8 Å². The molecular weight excluding hydrogens is 398 g/mol. The minimum atomic E-state index is -0.527. The number of nitrogens with zero attached hydrogens (tertiary/aromatic N) is 5. The number of anilines is 1. The van der Waals surface area contributed by atoms with Gasteiger partial charge in [0.2, 0.25) is 0 Å². The summed E-state index contributed by atoms with van der Waals surface area (Å²) in [5.74, 6) is -0.0413. The molecule has 4 N–H and O–H groups in total. The maximum Gasteiger partial charge on any atom is 0.274 e. The topological polar surface area (TPSA) is 147 Å². The average molecular weight is 419 g/mol. The summed E-state index contributed by atoms with van der Waals surface area (Å²) >= 11 is 0. The summed E-state index contributed by atoms with van der Waals surface area (Å²) in [6.45, 7) is 2.34. The predicted molar refractivity (Wildman–Crippen MR) is 112 cm³/mol. The van der Waals surface area contributed by atoms with Gasteiger partial charge in [-0.2, -0.15) is 5.26 Å². The van der Waals surface area contributed by atoms with Gasteiger partial charge >= 0.3 is 0 Å². The fourth-order valence-corrected chi connectivity index (χ4v) is 3.44. The second-order valence-electron chi connectivity index (χ2n) is 7.18. The number of hydrogen-bond acceptors (Lipinski definition) is 9. The van der Waals surface area contributed by atoms with E-state index in [9.17, 15) is 15.0 Å². The highest BCUT2D eigenvalue weighted by atomic mass is 16.3. The maximum atomic E-state index is 12.5. The second kappa shape index (κ2) is 8.91. The molecule has 0 aliphatic carbocycles. The van der Waals surface area contributed by atoms with E-state index in [2.05, 4.69) is 30.5 Å². The Morgan fingerprint density at radius 3 is 2.90 bits per heavy atom. The molecule has 0 saturated carbocycles. The van der Waals surface area contributed by atoms with Crippen molar-refractivity contribution < 1.29 is 15.0 Å². The zero-order chi connectivity index (χ0) is 21.8. The number of rotatable bonds is 5. The first kappa shape index (κ1) is 20.5. The average Bonchev–Trinajstić information content (AvgIpc) is 2.83. The molecule has 10 nitrogen and oxygen atoms in total. The smallest absolute Gasteiger partial charge is 0.274 e. The van der Waals surface area contributed by atoms with E-state index in [0.29, 0.717) is 23.1 Å². The lowest BCUT2D eigenvalue weighted by Crippen LogP contribution is -2.52. The van der Waals surface area contributed by atoms with E-state index in [0.717, 1.165) is 24.5 Å². The molecule has 1 saturated heterocycles. The number of aliphatic hydroxyl groups is 1. The van der Waals surface area contributed by atoms with Gasteiger partial charge in [-0.1, -0.05) is 6.07 Å². The Morgan fingerprint density at radius 1 is 1.29 bits per heavy atom. The Balaban J connectivity index is 1.50. The van der Waals surface area contributed by atoms with Crippen molar-refractivity contribution in [2.24, 2.45) is 0 Å². The molecule has 1 atom stereocenters. The van der Waals surface area contributed by atoms with E-state index >= 15 is 0 Å². The lowest BCUT2D eigenvalue weighted by molar-refractivity contribution is 0.0943. The van der Waals surface area contributed by atoms with Gasteiger partial charge in [-0.3, -0.25) is 4.79 Å². The van der Waals surface area contributed by atoms with Gasteiger partial charge in [0.25, 0.3) is 5.91 Å². The molecular formula is C21H21N7O3. The van der Waals surface area contributed by atoms with E-state index in [1.54, 1.807) is 24.3 Å². The van der Waals surface area contributed by atoms with Crippen molar-refractivity contribution in [2.75, 3.05) is 31.1 Å². The molecule has 1 fully saturated rings. The van der Waals surface area contributed by atoms with Gasteiger partial charge in [0.15, 0.2) is 11.4 Å². The first-order valence-corrected chi connectivity index (χ1v) is 9.80. The van der Waals surface area contributed by atoms with Crippen molar-refractivity contribution >= 4 is 22.6 Å². The number of aliphatic hydroxyl groups excluding tert-OH is 1. The first-order chi connectivity index (χ1) is 15.1. The van der Waals surface area contributed by atoms with Crippen LogP contribution >= 0.6 is 0 Å². The largest absolute Gasteiger partial charge is 0.505 e. The number of carbonyl (C=O) groups excluding carboxylic acids is 1. The number of aromatic hydroxyl groups is 1. The van der Waals surface area contributed by atoms with Crippen LogP contribution in [0, 0.1) is 11.3 Å². The highest BCUT2D eigenvalue weighted by molar-refractivity contribution is 6.00. The molecule has 0 radical (unpaired) electrons. The number of aromatic nitrogens is 3. The number of piperazine rings is 1. The van der Waals surface area contributed by atoms with Crippen LogP contribution in [0.4, 0.5) is 5.82 Å². The Hall–Kier alpha value is -3.81. The van der Waals surface area contributed by atoms with Gasteiger partial charge < -0.3 is 25.7 Å². The molecule has 10 heteroatoms. The lowest BCUT2D eigenvalue weighted by Gasteiger charge is -2.33. The van der Waals surface area contributed by atoms with E-state index in [1.807, 2.05) is 6.07 Å². The number of nitriles is 1. The lowest BCUT2D eigenvalue weighted by atomic mass is 10.1. The third kappa shape index (κ3) is 4.37. The molecule has 0 bridgehead atoms. The summed E-state index contributed by atoms with van der Waals surface area (Å²) in [4.78, 5) is 27.2. The van der Waals surface area contributed by atoms with E-state index in [-0.39, 0.29) is 30.6 Å². The molecule has 1 aliphatic rings. The molecule has 158 valence electrons. The van der Waals surface area contributed by atoms with Crippen molar-refractivity contribution in [3.63, 3.8) is 0 Å². The van der Waals surface area contributed by atoms with Gasteiger partial charge in [-0.05, 0) is 23.8 Å². The number of carbonyl (C=O) groups is 1. The number of pyridine rings is 3. The Kier molecular flexibility index (Phi) is 5.88. The zero-order valence-corrected chi connectivity index (χ0v) is 16.6. The van der Waals surface area contributed by atoms with Gasteiger partial charge in [0.05, 0.1) is 18.3 Å².